The molecule has 0 aliphatic heterocycles. The van der Waals surface area contributed by atoms with Crippen LogP contribution in [0.3, 0.4) is 0 Å². The molecule has 0 heterocycles. The summed E-state index contributed by atoms with van der Waals surface area (Å²) in [7, 11) is 0. The Kier molecular flexibility index (Phi) is 53.9. The van der Waals surface area contributed by atoms with Crippen molar-refractivity contribution in [3.8, 4) is 0 Å². The fraction of sp³-hybridized carbons (Fsp3) is 0.698. The molecule has 0 aromatic rings. The first kappa shape index (κ1) is 65.3. The van der Waals surface area contributed by atoms with Crippen LogP contribution in [0.15, 0.2) is 97.2 Å². The Morgan fingerprint density at radius 2 is 0.565 bits per heavy atom. The van der Waals surface area contributed by atoms with Crippen LogP contribution in [-0.4, -0.2) is 37.2 Å². The standard InChI is InChI=1S/C63H106O6/c1-4-7-10-13-16-19-22-25-28-30-31-33-35-38-41-44-47-50-53-56-62(65)68-59-60(58-67-61(64)55-52-49-46-43-40-37-34-27-24-21-18-15-12-9-6-3)69-63(66)57-54-51-48-45-42-39-36-32-29-26-23-20-17-14-11-8-5-2/h8,11,16-21,25-29,34,36,39,60H,4-7,9-10,12-15,22-24,30-33,35,37-38,40-59H2,1-3H3/b11-8-,19-16-,20-17-,21-18-,28-25-,29-26-,34-27-,39-36-. The molecule has 0 aromatic carbocycles. The maximum atomic E-state index is 12.9. The van der Waals surface area contributed by atoms with Crippen molar-refractivity contribution in [2.45, 2.75) is 271 Å². The van der Waals surface area contributed by atoms with Gasteiger partial charge < -0.3 is 14.2 Å². The predicted molar refractivity (Wildman–Crippen MR) is 297 cm³/mol. The van der Waals surface area contributed by atoms with Crippen LogP contribution in [0.1, 0.15) is 265 Å². The minimum absolute atomic E-state index is 0.0949. The van der Waals surface area contributed by atoms with Crippen LogP contribution >= 0.6 is 0 Å². The molecule has 0 N–H and O–H groups in total. The number of hydrogen-bond acceptors (Lipinski definition) is 6. The summed E-state index contributed by atoms with van der Waals surface area (Å²) in [5.41, 5.74) is 0. The average Bonchev–Trinajstić information content (AvgIpc) is 3.35. The topological polar surface area (TPSA) is 78.9 Å². The predicted octanol–water partition coefficient (Wildman–Crippen LogP) is 19.3. The van der Waals surface area contributed by atoms with E-state index in [9.17, 15) is 14.4 Å². The van der Waals surface area contributed by atoms with E-state index in [2.05, 4.69) is 118 Å². The van der Waals surface area contributed by atoms with Gasteiger partial charge in [0.15, 0.2) is 6.10 Å². The number of allylic oxidation sites excluding steroid dienone is 16. The summed E-state index contributed by atoms with van der Waals surface area (Å²) in [5.74, 6) is -0.934. The molecule has 0 amide bonds. The van der Waals surface area contributed by atoms with E-state index in [1.165, 1.54) is 96.3 Å². The molecular formula is C63H106O6. The summed E-state index contributed by atoms with van der Waals surface area (Å²) in [4.78, 5) is 38.2. The molecule has 6 nitrogen and oxygen atoms in total. The average molecular weight is 960 g/mol. The lowest BCUT2D eigenvalue weighted by atomic mass is 10.1. The molecule has 6 heteroatoms. The summed E-state index contributed by atoms with van der Waals surface area (Å²) < 4.78 is 16.8. The van der Waals surface area contributed by atoms with Crippen LogP contribution in [0.2, 0.25) is 0 Å². The smallest absolute Gasteiger partial charge is 0.306 e. The third kappa shape index (κ3) is 55.1. The molecule has 0 aromatic heterocycles. The molecule has 0 saturated carbocycles. The summed E-state index contributed by atoms with van der Waals surface area (Å²) in [6.07, 6.45) is 75.3. The van der Waals surface area contributed by atoms with Gasteiger partial charge in [0.2, 0.25) is 0 Å². The Labute approximate surface area is 426 Å². The van der Waals surface area contributed by atoms with Gasteiger partial charge in [-0.3, -0.25) is 14.4 Å². The minimum Gasteiger partial charge on any atom is -0.462 e. The Bertz CT molecular complexity index is 1380. The maximum absolute atomic E-state index is 12.9. The summed E-state index contributed by atoms with van der Waals surface area (Å²) in [6.45, 7) is 6.45. The lowest BCUT2D eigenvalue weighted by molar-refractivity contribution is -0.167. The number of unbranched alkanes of at least 4 members (excludes halogenated alkanes) is 24. The molecule has 0 radical (unpaired) electrons. The molecule has 0 aliphatic carbocycles. The number of ether oxygens (including phenoxy) is 3. The SMILES string of the molecule is CC/C=C\C/C=C\C/C=C\C/C=C\CCCCCCC(=O)OC(COC(=O)CCCCCCC/C=C\C/C=C\CCCCC)COC(=O)CCCCCCCCCCC/C=C\C/C=C\CCCCC. The number of esters is 3. The molecule has 1 unspecified atom stereocenters. The quantitative estimate of drug-likeness (QED) is 0.0262. The molecule has 0 fully saturated rings. The zero-order chi connectivity index (χ0) is 50.0. The third-order valence-corrected chi connectivity index (χ3v) is 12.0. The highest BCUT2D eigenvalue weighted by molar-refractivity contribution is 5.71. The van der Waals surface area contributed by atoms with Crippen molar-refractivity contribution in [2.24, 2.45) is 0 Å². The fourth-order valence-corrected chi connectivity index (χ4v) is 7.73. The van der Waals surface area contributed by atoms with E-state index in [-0.39, 0.29) is 31.1 Å². The lowest BCUT2D eigenvalue weighted by Gasteiger charge is -2.18. The maximum Gasteiger partial charge on any atom is 0.306 e. The Hall–Kier alpha value is -3.67. The van der Waals surface area contributed by atoms with Gasteiger partial charge in [-0.2, -0.15) is 0 Å². The number of carbonyl (C=O) groups excluding carboxylic acids is 3. The zero-order valence-corrected chi connectivity index (χ0v) is 45.0. The van der Waals surface area contributed by atoms with Gasteiger partial charge in [0.1, 0.15) is 13.2 Å². The van der Waals surface area contributed by atoms with E-state index in [4.69, 9.17) is 14.2 Å². The molecule has 1 atom stereocenters. The second-order valence-electron chi connectivity index (χ2n) is 18.8. The van der Waals surface area contributed by atoms with Crippen LogP contribution < -0.4 is 0 Å². The van der Waals surface area contributed by atoms with Gasteiger partial charge in [-0.05, 0) is 122 Å². The first-order chi connectivity index (χ1) is 34.0. The number of hydrogen-bond donors (Lipinski definition) is 0. The molecule has 0 spiro atoms. The first-order valence-electron chi connectivity index (χ1n) is 28.7. The number of rotatable bonds is 51. The summed E-state index contributed by atoms with van der Waals surface area (Å²) in [6, 6.07) is 0. The van der Waals surface area contributed by atoms with Crippen molar-refractivity contribution < 1.29 is 28.6 Å². The Balaban J connectivity index is 4.45. The van der Waals surface area contributed by atoms with Crippen molar-refractivity contribution in [3.05, 3.63) is 97.2 Å². The van der Waals surface area contributed by atoms with Crippen molar-refractivity contribution >= 4 is 17.9 Å². The van der Waals surface area contributed by atoms with Gasteiger partial charge in [-0.15, -0.1) is 0 Å². The Morgan fingerprint density at radius 3 is 0.884 bits per heavy atom. The van der Waals surface area contributed by atoms with Gasteiger partial charge in [-0.25, -0.2) is 0 Å². The first-order valence-corrected chi connectivity index (χ1v) is 28.7. The van der Waals surface area contributed by atoms with Gasteiger partial charge in [-0.1, -0.05) is 221 Å². The largest absolute Gasteiger partial charge is 0.462 e. The monoisotopic (exact) mass is 959 g/mol. The second-order valence-corrected chi connectivity index (χ2v) is 18.8. The normalized spacial score (nSPS) is 12.8. The van der Waals surface area contributed by atoms with Gasteiger partial charge in [0, 0.05) is 19.3 Å². The van der Waals surface area contributed by atoms with E-state index < -0.39 is 6.10 Å². The fourth-order valence-electron chi connectivity index (χ4n) is 7.73. The molecular weight excluding hydrogens is 853 g/mol. The molecule has 69 heavy (non-hydrogen) atoms. The third-order valence-electron chi connectivity index (χ3n) is 12.0. The molecule has 0 bridgehead atoms. The molecule has 0 rings (SSSR count). The zero-order valence-electron chi connectivity index (χ0n) is 45.0. The van der Waals surface area contributed by atoms with Crippen LogP contribution in [-0.2, 0) is 28.6 Å². The van der Waals surface area contributed by atoms with Crippen LogP contribution in [0.5, 0.6) is 0 Å². The molecule has 394 valence electrons. The van der Waals surface area contributed by atoms with E-state index in [1.807, 2.05) is 0 Å². The van der Waals surface area contributed by atoms with E-state index in [1.54, 1.807) is 0 Å². The highest BCUT2D eigenvalue weighted by atomic mass is 16.6. The minimum atomic E-state index is -0.800. The van der Waals surface area contributed by atoms with Crippen molar-refractivity contribution in [1.82, 2.24) is 0 Å². The summed E-state index contributed by atoms with van der Waals surface area (Å²) >= 11 is 0. The van der Waals surface area contributed by atoms with Crippen LogP contribution in [0.25, 0.3) is 0 Å². The molecule has 0 aliphatic rings. The lowest BCUT2D eigenvalue weighted by Crippen LogP contribution is -2.30. The van der Waals surface area contributed by atoms with Crippen molar-refractivity contribution in [2.75, 3.05) is 13.2 Å². The summed E-state index contributed by atoms with van der Waals surface area (Å²) in [5, 5.41) is 0. The van der Waals surface area contributed by atoms with E-state index in [0.717, 1.165) is 128 Å². The van der Waals surface area contributed by atoms with Gasteiger partial charge in [0.25, 0.3) is 0 Å². The molecule has 0 saturated heterocycles. The van der Waals surface area contributed by atoms with Gasteiger partial charge in [0.05, 0.1) is 0 Å². The van der Waals surface area contributed by atoms with Crippen LogP contribution in [0, 0.1) is 0 Å². The van der Waals surface area contributed by atoms with Gasteiger partial charge >= 0.3 is 17.9 Å². The van der Waals surface area contributed by atoms with Crippen molar-refractivity contribution in [3.63, 3.8) is 0 Å². The Morgan fingerprint density at radius 1 is 0.304 bits per heavy atom. The highest BCUT2D eigenvalue weighted by Crippen LogP contribution is 2.14. The van der Waals surface area contributed by atoms with Crippen molar-refractivity contribution in [1.29, 1.82) is 0 Å². The van der Waals surface area contributed by atoms with Crippen LogP contribution in [0.4, 0.5) is 0 Å². The highest BCUT2D eigenvalue weighted by Gasteiger charge is 2.19. The number of carbonyl (C=O) groups is 3. The second kappa shape index (κ2) is 56.9. The van der Waals surface area contributed by atoms with E-state index in [0.29, 0.717) is 19.3 Å². The van der Waals surface area contributed by atoms with E-state index >= 15 is 0 Å².